The van der Waals surface area contributed by atoms with Crippen LogP contribution in [0.5, 0.6) is 0 Å². The summed E-state index contributed by atoms with van der Waals surface area (Å²) in [7, 11) is 0. The highest BCUT2D eigenvalue weighted by molar-refractivity contribution is 5.76. The summed E-state index contributed by atoms with van der Waals surface area (Å²) < 4.78 is 6.61. The molecule has 0 aliphatic rings. The molecule has 2 rings (SSSR count). The van der Waals surface area contributed by atoms with Crippen molar-refractivity contribution in [2.75, 3.05) is 5.73 Å². The molecule has 0 radical (unpaired) electrons. The average Bonchev–Trinajstić information content (AvgIpc) is 2.41. The summed E-state index contributed by atoms with van der Waals surface area (Å²) >= 11 is 0. The van der Waals surface area contributed by atoms with Gasteiger partial charge in [-0.05, 0) is 19.1 Å². The highest BCUT2D eigenvalue weighted by Crippen LogP contribution is 2.16. The number of nitrogen functional groups attached to an aromatic ring is 1. The normalized spacial score (nSPS) is 10.7. The molecule has 2 N–H and O–H groups in total. The van der Waals surface area contributed by atoms with E-state index < -0.39 is 0 Å². The number of allylic oxidation sites excluding steroid dienone is 1. The van der Waals surface area contributed by atoms with Crippen LogP contribution >= 0.6 is 0 Å². The number of anilines is 1. The van der Waals surface area contributed by atoms with Crippen molar-refractivity contribution < 1.29 is 4.42 Å². The van der Waals surface area contributed by atoms with Gasteiger partial charge in [0.25, 0.3) is 0 Å². The van der Waals surface area contributed by atoms with E-state index in [1.807, 2.05) is 6.92 Å². The van der Waals surface area contributed by atoms with Crippen molar-refractivity contribution in [1.82, 2.24) is 4.57 Å². The zero-order chi connectivity index (χ0) is 11.0. The first-order chi connectivity index (χ1) is 7.08. The summed E-state index contributed by atoms with van der Waals surface area (Å²) in [5.74, 6) is -0.376. The van der Waals surface area contributed by atoms with Crippen molar-refractivity contribution >= 4 is 16.8 Å². The van der Waals surface area contributed by atoms with E-state index in [4.69, 9.17) is 10.2 Å². The van der Waals surface area contributed by atoms with Gasteiger partial charge in [0.2, 0.25) is 0 Å². The largest absolute Gasteiger partial charge is 0.420 e. The number of rotatable bonds is 2. The molecule has 0 aliphatic heterocycles. The fourth-order valence-electron chi connectivity index (χ4n) is 1.50. The SMILES string of the molecule is C=C(C)Cn1c(=O)oc2cc(N)ccc21. The molecule has 0 saturated carbocycles. The fourth-order valence-corrected chi connectivity index (χ4v) is 1.50. The minimum atomic E-state index is -0.376. The van der Waals surface area contributed by atoms with Crippen molar-refractivity contribution in [1.29, 1.82) is 0 Å². The summed E-state index contributed by atoms with van der Waals surface area (Å²) in [6, 6.07) is 5.16. The van der Waals surface area contributed by atoms with Crippen LogP contribution in [-0.4, -0.2) is 4.57 Å². The van der Waals surface area contributed by atoms with Crippen molar-refractivity contribution in [3.8, 4) is 0 Å². The Labute approximate surface area is 86.6 Å². The number of nitrogens with zero attached hydrogens (tertiary/aromatic N) is 1. The molecule has 0 amide bonds. The summed E-state index contributed by atoms with van der Waals surface area (Å²) in [4.78, 5) is 11.5. The fraction of sp³-hybridized carbons (Fsp3) is 0.182. The highest BCUT2D eigenvalue weighted by Gasteiger charge is 2.08. The maximum atomic E-state index is 11.5. The first-order valence-corrected chi connectivity index (χ1v) is 4.61. The lowest BCUT2D eigenvalue weighted by molar-refractivity contribution is 0.516. The minimum Gasteiger partial charge on any atom is -0.408 e. The first kappa shape index (κ1) is 9.58. The van der Waals surface area contributed by atoms with Crippen LogP contribution in [0.25, 0.3) is 11.1 Å². The van der Waals surface area contributed by atoms with Crippen molar-refractivity contribution in [2.24, 2.45) is 0 Å². The molecule has 0 atom stereocenters. The standard InChI is InChI=1S/C11H12N2O2/c1-7(2)6-13-9-4-3-8(12)5-10(9)15-11(13)14/h3-5H,1,6,12H2,2H3. The van der Waals surface area contributed by atoms with E-state index in [1.165, 1.54) is 4.57 Å². The highest BCUT2D eigenvalue weighted by atomic mass is 16.4. The van der Waals surface area contributed by atoms with E-state index in [-0.39, 0.29) is 5.76 Å². The van der Waals surface area contributed by atoms with Crippen LogP contribution in [0.15, 0.2) is 39.6 Å². The molecular formula is C11H12N2O2. The molecule has 1 aromatic heterocycles. The quantitative estimate of drug-likeness (QED) is 0.598. The van der Waals surface area contributed by atoms with Crippen molar-refractivity contribution in [2.45, 2.75) is 13.5 Å². The van der Waals surface area contributed by atoms with Gasteiger partial charge in [-0.25, -0.2) is 4.79 Å². The maximum Gasteiger partial charge on any atom is 0.420 e. The van der Waals surface area contributed by atoms with Gasteiger partial charge in [0.1, 0.15) is 0 Å². The van der Waals surface area contributed by atoms with Gasteiger partial charge in [0.05, 0.1) is 5.52 Å². The van der Waals surface area contributed by atoms with E-state index >= 15 is 0 Å². The molecule has 1 heterocycles. The van der Waals surface area contributed by atoms with Crippen molar-refractivity contribution in [3.05, 3.63) is 40.9 Å². The lowest BCUT2D eigenvalue weighted by Gasteiger charge is -2.00. The first-order valence-electron chi connectivity index (χ1n) is 4.61. The van der Waals surface area contributed by atoms with Crippen LogP contribution in [0.3, 0.4) is 0 Å². The van der Waals surface area contributed by atoms with E-state index in [0.29, 0.717) is 17.8 Å². The Bertz CT molecular complexity index is 578. The van der Waals surface area contributed by atoms with Gasteiger partial charge in [-0.3, -0.25) is 4.57 Å². The van der Waals surface area contributed by atoms with Gasteiger partial charge in [-0.1, -0.05) is 12.2 Å². The molecule has 1 aromatic carbocycles. The zero-order valence-electron chi connectivity index (χ0n) is 8.49. The second-order valence-corrected chi connectivity index (χ2v) is 3.64. The zero-order valence-corrected chi connectivity index (χ0v) is 8.49. The summed E-state index contributed by atoms with van der Waals surface area (Å²) in [5.41, 5.74) is 8.34. The molecule has 4 heteroatoms. The van der Waals surface area contributed by atoms with Gasteiger partial charge >= 0.3 is 5.76 Å². The lowest BCUT2D eigenvalue weighted by Crippen LogP contribution is -2.14. The van der Waals surface area contributed by atoms with Gasteiger partial charge in [0.15, 0.2) is 5.58 Å². The Morgan fingerprint density at radius 2 is 2.33 bits per heavy atom. The molecular weight excluding hydrogens is 192 g/mol. The molecule has 78 valence electrons. The van der Waals surface area contributed by atoms with Crippen molar-refractivity contribution in [3.63, 3.8) is 0 Å². The number of hydrogen-bond acceptors (Lipinski definition) is 3. The van der Waals surface area contributed by atoms with Crippen LogP contribution in [0.4, 0.5) is 5.69 Å². The van der Waals surface area contributed by atoms with E-state index in [1.54, 1.807) is 18.2 Å². The van der Waals surface area contributed by atoms with Crippen LogP contribution in [0.1, 0.15) is 6.92 Å². The predicted molar refractivity (Wildman–Crippen MR) is 59.7 cm³/mol. The molecule has 0 saturated heterocycles. The minimum absolute atomic E-state index is 0.376. The van der Waals surface area contributed by atoms with E-state index in [0.717, 1.165) is 11.1 Å². The number of oxazole rings is 1. The second kappa shape index (κ2) is 3.31. The molecule has 2 aromatic rings. The number of aromatic nitrogens is 1. The third kappa shape index (κ3) is 1.66. The van der Waals surface area contributed by atoms with Crippen LogP contribution in [0, 0.1) is 0 Å². The summed E-state index contributed by atoms with van der Waals surface area (Å²) in [5, 5.41) is 0. The third-order valence-electron chi connectivity index (χ3n) is 2.12. The number of fused-ring (bicyclic) bond motifs is 1. The average molecular weight is 204 g/mol. The Morgan fingerprint density at radius 3 is 3.00 bits per heavy atom. The molecule has 0 aliphatic carbocycles. The van der Waals surface area contributed by atoms with Gasteiger partial charge in [-0.2, -0.15) is 0 Å². The Hall–Kier alpha value is -1.97. The maximum absolute atomic E-state index is 11.5. The van der Waals surface area contributed by atoms with E-state index in [9.17, 15) is 4.79 Å². The molecule has 0 fully saturated rings. The molecule has 4 nitrogen and oxygen atoms in total. The monoisotopic (exact) mass is 204 g/mol. The van der Waals surface area contributed by atoms with Gasteiger partial charge in [-0.15, -0.1) is 0 Å². The summed E-state index contributed by atoms with van der Waals surface area (Å²) in [6.07, 6.45) is 0. The van der Waals surface area contributed by atoms with E-state index in [2.05, 4.69) is 6.58 Å². The smallest absolute Gasteiger partial charge is 0.408 e. The molecule has 15 heavy (non-hydrogen) atoms. The molecule has 0 bridgehead atoms. The number of nitrogens with two attached hydrogens (primary N) is 1. The molecule has 0 spiro atoms. The predicted octanol–water partition coefficient (Wildman–Crippen LogP) is 1.75. The number of hydrogen-bond donors (Lipinski definition) is 1. The van der Waals surface area contributed by atoms with Crippen LogP contribution < -0.4 is 11.5 Å². The lowest BCUT2D eigenvalue weighted by atomic mass is 10.3. The number of benzene rings is 1. The van der Waals surface area contributed by atoms with Crippen LogP contribution in [-0.2, 0) is 6.54 Å². The molecule has 0 unspecified atom stereocenters. The van der Waals surface area contributed by atoms with Gasteiger partial charge < -0.3 is 10.2 Å². The summed E-state index contributed by atoms with van der Waals surface area (Å²) in [6.45, 7) is 6.10. The Morgan fingerprint density at radius 1 is 1.60 bits per heavy atom. The van der Waals surface area contributed by atoms with Gasteiger partial charge in [0, 0.05) is 18.3 Å². The Balaban J connectivity index is 2.68. The second-order valence-electron chi connectivity index (χ2n) is 3.64. The van der Waals surface area contributed by atoms with Crippen LogP contribution in [0.2, 0.25) is 0 Å². The third-order valence-corrected chi connectivity index (χ3v) is 2.12. The Kier molecular flexibility index (Phi) is 2.11. The topological polar surface area (TPSA) is 61.2 Å².